The van der Waals surface area contributed by atoms with E-state index in [0.29, 0.717) is 28.9 Å². The van der Waals surface area contributed by atoms with Crippen LogP contribution < -0.4 is 5.32 Å². The minimum absolute atomic E-state index is 0.0353. The molecule has 1 heterocycles. The van der Waals surface area contributed by atoms with Crippen LogP contribution in [0.5, 0.6) is 0 Å². The van der Waals surface area contributed by atoms with Crippen LogP contribution in [0.15, 0.2) is 18.2 Å². The summed E-state index contributed by atoms with van der Waals surface area (Å²) in [7, 11) is 1.59. The number of likely N-dealkylation sites (tertiary alicyclic amines) is 1. The van der Waals surface area contributed by atoms with Crippen molar-refractivity contribution >= 4 is 40.7 Å². The highest BCUT2D eigenvalue weighted by Gasteiger charge is 2.36. The molecular weight excluding hydrogens is 327 g/mol. The number of carbonyl (C=O) groups is 2. The zero-order chi connectivity index (χ0) is 16.3. The number of benzene rings is 1. The Balaban J connectivity index is 2.00. The normalized spacial score (nSPS) is 19.4. The average molecular weight is 345 g/mol. The molecule has 0 unspecified atom stereocenters. The van der Waals surface area contributed by atoms with Crippen LogP contribution >= 0.6 is 23.2 Å². The van der Waals surface area contributed by atoms with Crippen LogP contribution in [-0.4, -0.2) is 43.0 Å². The third-order valence-electron chi connectivity index (χ3n) is 3.66. The fourth-order valence-corrected chi connectivity index (χ4v) is 2.95. The van der Waals surface area contributed by atoms with Crippen molar-refractivity contribution in [2.45, 2.75) is 19.4 Å². The van der Waals surface area contributed by atoms with Gasteiger partial charge in [-0.05, 0) is 25.1 Å². The van der Waals surface area contributed by atoms with Gasteiger partial charge in [-0.25, -0.2) is 0 Å². The number of nitrogens with zero attached hydrogens (tertiary/aromatic N) is 1. The molecule has 1 N–H and O–H groups in total. The minimum Gasteiger partial charge on any atom is -0.383 e. The zero-order valence-corrected chi connectivity index (χ0v) is 13.9. The first kappa shape index (κ1) is 17.1. The van der Waals surface area contributed by atoms with Crippen molar-refractivity contribution in [1.29, 1.82) is 0 Å². The SMILES string of the molecule is COC[C@H](C)N1C[C@H](C(=O)Nc2ccc(Cl)cc2Cl)CC1=O. The molecule has 0 spiro atoms. The Bertz CT molecular complexity index is 580. The fourth-order valence-electron chi connectivity index (χ4n) is 2.49. The summed E-state index contributed by atoms with van der Waals surface area (Å²) in [4.78, 5) is 26.0. The lowest BCUT2D eigenvalue weighted by molar-refractivity contribution is -0.130. The molecule has 22 heavy (non-hydrogen) atoms. The highest BCUT2D eigenvalue weighted by atomic mass is 35.5. The third-order valence-corrected chi connectivity index (χ3v) is 4.21. The van der Waals surface area contributed by atoms with Gasteiger partial charge < -0.3 is 15.0 Å². The number of carbonyl (C=O) groups excluding carboxylic acids is 2. The van der Waals surface area contributed by atoms with Crippen molar-refractivity contribution in [2.75, 3.05) is 25.6 Å². The van der Waals surface area contributed by atoms with Gasteiger partial charge in [0.2, 0.25) is 11.8 Å². The van der Waals surface area contributed by atoms with Crippen molar-refractivity contribution in [3.8, 4) is 0 Å². The van der Waals surface area contributed by atoms with Crippen molar-refractivity contribution in [3.63, 3.8) is 0 Å². The van der Waals surface area contributed by atoms with Gasteiger partial charge in [0.25, 0.3) is 0 Å². The summed E-state index contributed by atoms with van der Waals surface area (Å²) in [5, 5.41) is 3.62. The number of methoxy groups -OCH3 is 1. The molecule has 2 rings (SSSR count). The Morgan fingerprint density at radius 3 is 2.86 bits per heavy atom. The molecule has 120 valence electrons. The summed E-state index contributed by atoms with van der Waals surface area (Å²) in [5.41, 5.74) is 0.493. The van der Waals surface area contributed by atoms with Crippen LogP contribution in [0.4, 0.5) is 5.69 Å². The van der Waals surface area contributed by atoms with E-state index < -0.39 is 5.92 Å². The van der Waals surface area contributed by atoms with Gasteiger partial charge in [-0.3, -0.25) is 9.59 Å². The Morgan fingerprint density at radius 1 is 1.50 bits per heavy atom. The topological polar surface area (TPSA) is 58.6 Å². The molecular formula is C15H18Cl2N2O3. The van der Waals surface area contributed by atoms with Crippen LogP contribution in [0.2, 0.25) is 10.0 Å². The monoisotopic (exact) mass is 344 g/mol. The smallest absolute Gasteiger partial charge is 0.229 e. The molecule has 5 nitrogen and oxygen atoms in total. The van der Waals surface area contributed by atoms with Gasteiger partial charge in [-0.2, -0.15) is 0 Å². The molecule has 0 bridgehead atoms. The van der Waals surface area contributed by atoms with E-state index in [2.05, 4.69) is 5.32 Å². The maximum absolute atomic E-state index is 12.3. The Morgan fingerprint density at radius 2 is 2.23 bits per heavy atom. The van der Waals surface area contributed by atoms with E-state index in [0.717, 1.165) is 0 Å². The van der Waals surface area contributed by atoms with E-state index in [1.54, 1.807) is 30.2 Å². The summed E-state index contributed by atoms with van der Waals surface area (Å²) >= 11 is 11.9. The quantitative estimate of drug-likeness (QED) is 0.893. The first-order chi connectivity index (χ1) is 10.4. The standard InChI is InChI=1S/C15H18Cl2N2O3/c1-9(8-22-2)19-7-10(5-14(19)20)15(21)18-13-4-3-11(16)6-12(13)17/h3-4,6,9-10H,5,7-8H2,1-2H3,(H,18,21)/t9-,10+/m0/s1. The molecule has 0 radical (unpaired) electrons. The Hall–Kier alpha value is -1.30. The van der Waals surface area contributed by atoms with Gasteiger partial charge in [0, 0.05) is 25.1 Å². The molecule has 2 amide bonds. The Kier molecular flexibility index (Phi) is 5.67. The van der Waals surface area contributed by atoms with Crippen LogP contribution in [0.25, 0.3) is 0 Å². The molecule has 1 aliphatic rings. The first-order valence-corrected chi connectivity index (χ1v) is 7.72. The molecule has 7 heteroatoms. The van der Waals surface area contributed by atoms with Gasteiger partial charge in [0.1, 0.15) is 0 Å². The van der Waals surface area contributed by atoms with Crippen LogP contribution in [0.1, 0.15) is 13.3 Å². The summed E-state index contributed by atoms with van der Waals surface area (Å²) in [6, 6.07) is 4.81. The highest BCUT2D eigenvalue weighted by molar-refractivity contribution is 6.36. The number of halogens is 2. The first-order valence-electron chi connectivity index (χ1n) is 6.96. The number of ether oxygens (including phenoxy) is 1. The molecule has 1 fully saturated rings. The number of hydrogen-bond donors (Lipinski definition) is 1. The highest BCUT2D eigenvalue weighted by Crippen LogP contribution is 2.27. The van der Waals surface area contributed by atoms with Gasteiger partial charge in [-0.1, -0.05) is 23.2 Å². The van der Waals surface area contributed by atoms with Gasteiger partial charge in [-0.15, -0.1) is 0 Å². The summed E-state index contributed by atoms with van der Waals surface area (Å²) in [6.07, 6.45) is 0.200. The van der Waals surface area contributed by atoms with Crippen LogP contribution in [0.3, 0.4) is 0 Å². The average Bonchev–Trinajstić information content (AvgIpc) is 2.84. The molecule has 2 atom stereocenters. The fraction of sp³-hybridized carbons (Fsp3) is 0.467. The van der Waals surface area contributed by atoms with Crippen molar-refractivity contribution < 1.29 is 14.3 Å². The van der Waals surface area contributed by atoms with E-state index in [9.17, 15) is 9.59 Å². The predicted molar refractivity (Wildman–Crippen MR) is 86.2 cm³/mol. The molecule has 1 saturated heterocycles. The maximum atomic E-state index is 12.3. The lowest BCUT2D eigenvalue weighted by Gasteiger charge is -2.23. The van der Waals surface area contributed by atoms with E-state index in [1.807, 2.05) is 6.92 Å². The number of rotatable bonds is 5. The van der Waals surface area contributed by atoms with Crippen molar-refractivity contribution in [3.05, 3.63) is 28.2 Å². The third kappa shape index (κ3) is 3.91. The lowest BCUT2D eigenvalue weighted by atomic mass is 10.1. The second kappa shape index (κ2) is 7.31. The number of hydrogen-bond acceptors (Lipinski definition) is 3. The molecule has 0 saturated carbocycles. The number of nitrogens with one attached hydrogen (secondary N) is 1. The largest absolute Gasteiger partial charge is 0.383 e. The van der Waals surface area contributed by atoms with E-state index in [-0.39, 0.29) is 24.3 Å². The second-order valence-electron chi connectivity index (χ2n) is 5.36. The maximum Gasteiger partial charge on any atom is 0.229 e. The van der Waals surface area contributed by atoms with E-state index in [4.69, 9.17) is 27.9 Å². The molecule has 0 aromatic heterocycles. The van der Waals surface area contributed by atoms with Crippen LogP contribution in [-0.2, 0) is 14.3 Å². The molecule has 1 aromatic rings. The van der Waals surface area contributed by atoms with Gasteiger partial charge in [0.05, 0.1) is 29.3 Å². The number of anilines is 1. The lowest BCUT2D eigenvalue weighted by Crippen LogP contribution is -2.38. The molecule has 1 aliphatic heterocycles. The van der Waals surface area contributed by atoms with E-state index >= 15 is 0 Å². The number of amides is 2. The minimum atomic E-state index is -0.390. The van der Waals surface area contributed by atoms with Gasteiger partial charge in [0.15, 0.2) is 0 Å². The summed E-state index contributed by atoms with van der Waals surface area (Å²) in [5.74, 6) is -0.643. The van der Waals surface area contributed by atoms with E-state index in [1.165, 1.54) is 0 Å². The molecule has 0 aliphatic carbocycles. The zero-order valence-electron chi connectivity index (χ0n) is 12.4. The molecule has 1 aromatic carbocycles. The van der Waals surface area contributed by atoms with Gasteiger partial charge >= 0.3 is 0 Å². The predicted octanol–water partition coefficient (Wildman–Crippen LogP) is 2.82. The van der Waals surface area contributed by atoms with Crippen molar-refractivity contribution in [1.82, 2.24) is 4.90 Å². The Labute approximate surface area is 139 Å². The summed E-state index contributed by atoms with van der Waals surface area (Å²) < 4.78 is 5.06. The second-order valence-corrected chi connectivity index (χ2v) is 6.21. The summed E-state index contributed by atoms with van der Waals surface area (Å²) in [6.45, 7) is 2.74. The van der Waals surface area contributed by atoms with Crippen molar-refractivity contribution in [2.24, 2.45) is 5.92 Å². The van der Waals surface area contributed by atoms with Crippen LogP contribution in [0, 0.1) is 5.92 Å².